The van der Waals surface area contributed by atoms with E-state index in [-0.39, 0.29) is 23.7 Å². The lowest BCUT2D eigenvalue weighted by Gasteiger charge is -2.72. The van der Waals surface area contributed by atoms with E-state index in [2.05, 4.69) is 40.7 Å². The summed E-state index contributed by atoms with van der Waals surface area (Å²) in [6.45, 7) is 12.1. The second-order valence-corrected chi connectivity index (χ2v) is 23.7. The summed E-state index contributed by atoms with van der Waals surface area (Å²) in [6.07, 6.45) is -22.0. The summed E-state index contributed by atoms with van der Waals surface area (Å²) in [5.41, 5.74) is -3.04. The number of hydrogen-bond donors (Lipinski definition) is 13. The van der Waals surface area contributed by atoms with Crippen LogP contribution in [0.4, 0.5) is 0 Å². The standard InChI is InChI=1S/C48H78O21/c1-20-28(53)30(55)34(59)41(64-20)69-68-36-25(17-49)65-39(35(60)32(36)57)63-18-26-29(54)31(56)33(58)40(66-26)67-42(62)48-12-10-43(2,3)14-22(48)21-8-9-27-44(4)15-24(52)38(61)45(5,19-50)37(44)23(51)16-47(27,7)46(21,6)11-13-48/h8,20,22-41,49-61H,9-19H2,1-7H3/t20-,22-,23-,24-,25-,26-,27+,28-,29-,30+,31+,32-,33-,34-,35-,36-,37+,38+,39-,40+,41+,44-,45-,46+,47+,48-/m0/s1. The van der Waals surface area contributed by atoms with Crippen LogP contribution in [0.3, 0.4) is 0 Å². The average molecular weight is 991 g/mol. The molecule has 3 heterocycles. The fraction of sp³-hybridized carbons (Fsp3) is 0.938. The highest BCUT2D eigenvalue weighted by atomic mass is 17.2. The molecular weight excluding hydrogens is 913 g/mol. The molecule has 8 rings (SSSR count). The maximum atomic E-state index is 15.0. The van der Waals surface area contributed by atoms with Crippen LogP contribution in [0.1, 0.15) is 99.8 Å². The number of carbonyl (C=O) groups excluding carboxylic acids is 1. The fourth-order valence-corrected chi connectivity index (χ4v) is 15.0. The number of aliphatic hydroxyl groups is 13. The zero-order valence-corrected chi connectivity index (χ0v) is 40.6. The fourth-order valence-electron chi connectivity index (χ4n) is 15.0. The molecule has 13 N–H and O–H groups in total. The molecule has 0 aromatic rings. The highest BCUT2D eigenvalue weighted by molar-refractivity contribution is 5.79. The van der Waals surface area contributed by atoms with Gasteiger partial charge in [-0.2, -0.15) is 0 Å². The molecular formula is C48H78O21. The lowest BCUT2D eigenvalue weighted by Crippen LogP contribution is -2.71. The molecule has 3 saturated heterocycles. The lowest BCUT2D eigenvalue weighted by atomic mass is 9.33. The van der Waals surface area contributed by atoms with E-state index in [4.69, 9.17) is 33.5 Å². The number of fused-ring (bicyclic) bond motifs is 7. The first kappa shape index (κ1) is 53.7. The van der Waals surface area contributed by atoms with Gasteiger partial charge >= 0.3 is 5.97 Å². The van der Waals surface area contributed by atoms with E-state index in [1.807, 2.05) is 0 Å². The van der Waals surface area contributed by atoms with Crippen LogP contribution in [0, 0.1) is 50.2 Å². The first-order chi connectivity index (χ1) is 32.2. The lowest BCUT2D eigenvalue weighted by molar-refractivity contribution is -0.463. The SMILES string of the molecule is C[C@@H]1O[C@H](OO[C@@H]2[C@@H](O)[C@H](O)[C@@H](OC[C@@H]3O[C@H](OC(=O)[C@]45CCC(C)(C)C[C@H]4C4=CC[C@@H]6[C@]7(C)C[C@H](O)[C@@H](O)[C@@](C)(CO)[C@@H]7[C@@H](O)C[C@@]6(C)[C@]4(C)CC5)[C@@H](O)[C@H](O)[C@H]3O)O[C@H]2CO)[C@@H](O)[C@H](O)[C@H]1O. The topological polar surface area (TPSA) is 345 Å². The van der Waals surface area contributed by atoms with Crippen molar-refractivity contribution >= 4 is 5.97 Å². The molecule has 4 saturated carbocycles. The predicted octanol–water partition coefficient (Wildman–Crippen LogP) is -1.99. The minimum absolute atomic E-state index is 0.0523. The first-order valence-corrected chi connectivity index (χ1v) is 24.7. The molecule has 3 aliphatic heterocycles. The van der Waals surface area contributed by atoms with Gasteiger partial charge in [0.2, 0.25) is 12.6 Å². The summed E-state index contributed by atoms with van der Waals surface area (Å²) in [6, 6.07) is 0. The predicted molar refractivity (Wildman–Crippen MR) is 234 cm³/mol. The van der Waals surface area contributed by atoms with Crippen LogP contribution < -0.4 is 0 Å². The van der Waals surface area contributed by atoms with E-state index < -0.39 is 169 Å². The Morgan fingerprint density at radius 2 is 1.29 bits per heavy atom. The maximum absolute atomic E-state index is 15.0. The van der Waals surface area contributed by atoms with E-state index in [1.54, 1.807) is 6.92 Å². The Morgan fingerprint density at radius 3 is 1.96 bits per heavy atom. The van der Waals surface area contributed by atoms with Crippen molar-refractivity contribution in [2.45, 2.75) is 210 Å². The van der Waals surface area contributed by atoms with Gasteiger partial charge in [-0.05, 0) is 91.8 Å². The molecule has 0 unspecified atom stereocenters. The quantitative estimate of drug-likeness (QED) is 0.0488. The van der Waals surface area contributed by atoms with Crippen molar-refractivity contribution in [2.24, 2.45) is 50.2 Å². The van der Waals surface area contributed by atoms with Gasteiger partial charge in [0.25, 0.3) is 0 Å². The Bertz CT molecular complexity index is 1890. The summed E-state index contributed by atoms with van der Waals surface area (Å²) in [4.78, 5) is 25.3. The summed E-state index contributed by atoms with van der Waals surface area (Å²) in [5.74, 6) is -1.52. The Labute approximate surface area is 401 Å². The van der Waals surface area contributed by atoms with Gasteiger partial charge in [-0.3, -0.25) is 4.79 Å². The number of rotatable bonds is 10. The Kier molecular flexibility index (Phi) is 14.8. The van der Waals surface area contributed by atoms with E-state index >= 15 is 0 Å². The summed E-state index contributed by atoms with van der Waals surface area (Å²) in [7, 11) is 0. The number of hydrogen-bond acceptors (Lipinski definition) is 21. The molecule has 21 nitrogen and oxygen atoms in total. The van der Waals surface area contributed by atoms with E-state index in [1.165, 1.54) is 6.92 Å². The molecule has 0 radical (unpaired) electrons. The second-order valence-electron chi connectivity index (χ2n) is 23.7. The van der Waals surface area contributed by atoms with Crippen molar-refractivity contribution in [1.82, 2.24) is 0 Å². The van der Waals surface area contributed by atoms with Crippen LogP contribution in [-0.4, -0.2) is 203 Å². The Balaban J connectivity index is 0.975. The van der Waals surface area contributed by atoms with Crippen molar-refractivity contribution < 1.29 is 105 Å². The summed E-state index contributed by atoms with van der Waals surface area (Å²) in [5, 5.41) is 141. The molecule has 0 bridgehead atoms. The van der Waals surface area contributed by atoms with Gasteiger partial charge in [-0.1, -0.05) is 53.2 Å². The third-order valence-electron chi connectivity index (χ3n) is 19.2. The van der Waals surface area contributed by atoms with Gasteiger partial charge in [0, 0.05) is 11.3 Å². The normalized spacial score (nSPS) is 55.1. The molecule has 26 atom stereocenters. The van der Waals surface area contributed by atoms with Gasteiger partial charge in [0.1, 0.15) is 67.1 Å². The first-order valence-electron chi connectivity index (χ1n) is 24.7. The van der Waals surface area contributed by atoms with Crippen LogP contribution >= 0.6 is 0 Å². The molecule has 8 aliphatic rings. The number of aliphatic hydroxyl groups excluding tert-OH is 13. The monoisotopic (exact) mass is 991 g/mol. The van der Waals surface area contributed by atoms with Crippen molar-refractivity contribution in [3.05, 3.63) is 11.6 Å². The molecule has 7 fully saturated rings. The molecule has 396 valence electrons. The minimum atomic E-state index is -1.89. The Hall–Kier alpha value is -1.55. The molecule has 0 amide bonds. The van der Waals surface area contributed by atoms with E-state index in [0.29, 0.717) is 44.9 Å². The van der Waals surface area contributed by atoms with Crippen molar-refractivity contribution in [3.8, 4) is 0 Å². The van der Waals surface area contributed by atoms with Gasteiger partial charge in [0.15, 0.2) is 6.29 Å². The van der Waals surface area contributed by atoms with E-state index in [9.17, 15) is 71.2 Å². The van der Waals surface area contributed by atoms with Gasteiger partial charge < -0.3 is 90.1 Å². The number of allylic oxidation sites excluding steroid dienone is 2. The van der Waals surface area contributed by atoms with Gasteiger partial charge in [0.05, 0.1) is 49.7 Å². The van der Waals surface area contributed by atoms with Crippen LogP contribution in [0.2, 0.25) is 0 Å². The van der Waals surface area contributed by atoms with E-state index in [0.717, 1.165) is 5.57 Å². The zero-order valence-electron chi connectivity index (χ0n) is 40.6. The van der Waals surface area contributed by atoms with Crippen molar-refractivity contribution in [3.63, 3.8) is 0 Å². The highest BCUT2D eigenvalue weighted by Gasteiger charge is 2.73. The highest BCUT2D eigenvalue weighted by Crippen LogP contribution is 2.76. The van der Waals surface area contributed by atoms with Crippen molar-refractivity contribution in [2.75, 3.05) is 19.8 Å². The number of esters is 1. The molecule has 21 heteroatoms. The van der Waals surface area contributed by atoms with Crippen LogP contribution in [-0.2, 0) is 38.3 Å². The summed E-state index contributed by atoms with van der Waals surface area (Å²) < 4.78 is 28.8. The maximum Gasteiger partial charge on any atom is 0.315 e. The van der Waals surface area contributed by atoms with Crippen molar-refractivity contribution in [1.29, 1.82) is 0 Å². The third kappa shape index (κ3) is 8.48. The van der Waals surface area contributed by atoms with Gasteiger partial charge in [-0.25, -0.2) is 9.78 Å². The van der Waals surface area contributed by atoms with Crippen LogP contribution in [0.15, 0.2) is 11.6 Å². The zero-order chi connectivity index (χ0) is 50.7. The minimum Gasteiger partial charge on any atom is -0.432 e. The van der Waals surface area contributed by atoms with Crippen LogP contribution in [0.5, 0.6) is 0 Å². The molecule has 5 aliphatic carbocycles. The average Bonchev–Trinajstić information content (AvgIpc) is 3.29. The van der Waals surface area contributed by atoms with Crippen LogP contribution in [0.25, 0.3) is 0 Å². The van der Waals surface area contributed by atoms with Gasteiger partial charge in [-0.15, -0.1) is 0 Å². The Morgan fingerprint density at radius 1 is 0.667 bits per heavy atom. The number of carbonyl (C=O) groups is 1. The summed E-state index contributed by atoms with van der Waals surface area (Å²) >= 11 is 0. The molecule has 0 aromatic heterocycles. The molecule has 69 heavy (non-hydrogen) atoms. The molecule has 0 aromatic carbocycles. The second kappa shape index (κ2) is 19.0. The number of ether oxygens (including phenoxy) is 5. The third-order valence-corrected chi connectivity index (χ3v) is 19.2. The largest absolute Gasteiger partial charge is 0.432 e. The smallest absolute Gasteiger partial charge is 0.315 e. The molecule has 0 spiro atoms.